The van der Waals surface area contributed by atoms with E-state index in [9.17, 15) is 9.18 Å². The predicted octanol–water partition coefficient (Wildman–Crippen LogP) is 5.69. The molecule has 0 radical (unpaired) electrons. The SMILES string of the molecule is Cc1ccc(NC(=O)CCc2c(C)nc3cc(-c4cccc(F)c4)nn3c2C)c(Cl)c1. The van der Waals surface area contributed by atoms with E-state index < -0.39 is 0 Å². The van der Waals surface area contributed by atoms with E-state index in [1.165, 1.54) is 12.1 Å². The standard InChI is InChI=1S/C24H22ClFN4O/c1-14-7-9-21(20(25)11-14)28-24(31)10-8-19-15(2)27-23-13-22(29-30(23)16(19)3)17-5-4-6-18(26)12-17/h4-7,9,11-13H,8,10H2,1-3H3,(H,28,31). The van der Waals surface area contributed by atoms with Gasteiger partial charge in [-0.15, -0.1) is 0 Å². The Balaban J connectivity index is 1.55. The summed E-state index contributed by atoms with van der Waals surface area (Å²) in [7, 11) is 0. The van der Waals surface area contributed by atoms with Gasteiger partial charge in [-0.1, -0.05) is 29.8 Å². The largest absolute Gasteiger partial charge is 0.325 e. The lowest BCUT2D eigenvalue weighted by Gasteiger charge is -2.12. The maximum Gasteiger partial charge on any atom is 0.224 e. The number of carbonyl (C=O) groups is 1. The second-order valence-electron chi connectivity index (χ2n) is 7.60. The number of benzene rings is 2. The van der Waals surface area contributed by atoms with Crippen molar-refractivity contribution in [2.24, 2.45) is 0 Å². The van der Waals surface area contributed by atoms with Crippen molar-refractivity contribution < 1.29 is 9.18 Å². The molecule has 5 nitrogen and oxygen atoms in total. The molecule has 0 aliphatic carbocycles. The normalized spacial score (nSPS) is 11.1. The number of fused-ring (bicyclic) bond motifs is 1. The van der Waals surface area contributed by atoms with E-state index in [4.69, 9.17) is 11.6 Å². The summed E-state index contributed by atoms with van der Waals surface area (Å²) < 4.78 is 15.3. The van der Waals surface area contributed by atoms with Crippen molar-refractivity contribution in [3.05, 3.63) is 81.9 Å². The highest BCUT2D eigenvalue weighted by molar-refractivity contribution is 6.33. The maximum atomic E-state index is 13.6. The topological polar surface area (TPSA) is 59.3 Å². The minimum Gasteiger partial charge on any atom is -0.325 e. The van der Waals surface area contributed by atoms with Crippen LogP contribution in [-0.2, 0) is 11.2 Å². The van der Waals surface area contributed by atoms with Crippen LogP contribution in [0.2, 0.25) is 5.02 Å². The fraction of sp³-hybridized carbons (Fsp3) is 0.208. The molecule has 0 saturated carbocycles. The Morgan fingerprint density at radius 1 is 1.13 bits per heavy atom. The molecule has 2 aromatic heterocycles. The molecule has 31 heavy (non-hydrogen) atoms. The predicted molar refractivity (Wildman–Crippen MR) is 121 cm³/mol. The van der Waals surface area contributed by atoms with Crippen molar-refractivity contribution in [1.29, 1.82) is 0 Å². The summed E-state index contributed by atoms with van der Waals surface area (Å²) in [6.07, 6.45) is 0.808. The lowest BCUT2D eigenvalue weighted by molar-refractivity contribution is -0.116. The highest BCUT2D eigenvalue weighted by atomic mass is 35.5. The van der Waals surface area contributed by atoms with Crippen LogP contribution in [0.1, 0.15) is 28.9 Å². The number of carbonyl (C=O) groups excluding carboxylic acids is 1. The molecular formula is C24H22ClFN4O. The first kappa shape index (κ1) is 21.0. The lowest BCUT2D eigenvalue weighted by Crippen LogP contribution is -2.14. The van der Waals surface area contributed by atoms with Crippen LogP contribution in [0.25, 0.3) is 16.9 Å². The number of hydrogen-bond acceptors (Lipinski definition) is 3. The molecule has 0 saturated heterocycles. The Kier molecular flexibility index (Phi) is 5.74. The Hall–Kier alpha value is -3.25. The molecule has 7 heteroatoms. The molecule has 0 aliphatic rings. The zero-order valence-corrected chi connectivity index (χ0v) is 18.3. The summed E-state index contributed by atoms with van der Waals surface area (Å²) in [4.78, 5) is 17.1. The second-order valence-corrected chi connectivity index (χ2v) is 8.01. The van der Waals surface area contributed by atoms with Crippen LogP contribution in [0.15, 0.2) is 48.5 Å². The number of aryl methyl sites for hydroxylation is 3. The highest BCUT2D eigenvalue weighted by Crippen LogP contribution is 2.25. The summed E-state index contributed by atoms with van der Waals surface area (Å²) in [6.45, 7) is 5.82. The quantitative estimate of drug-likeness (QED) is 0.437. The molecule has 0 bridgehead atoms. The third-order valence-corrected chi connectivity index (χ3v) is 5.60. The van der Waals surface area contributed by atoms with Gasteiger partial charge in [0.2, 0.25) is 5.91 Å². The summed E-state index contributed by atoms with van der Waals surface area (Å²) >= 11 is 6.21. The van der Waals surface area contributed by atoms with Gasteiger partial charge in [0.1, 0.15) is 5.82 Å². The van der Waals surface area contributed by atoms with Gasteiger partial charge in [0, 0.05) is 29.4 Å². The number of amides is 1. The number of nitrogens with one attached hydrogen (secondary N) is 1. The van der Waals surface area contributed by atoms with Crippen molar-refractivity contribution in [2.75, 3.05) is 5.32 Å². The summed E-state index contributed by atoms with van der Waals surface area (Å²) in [5, 5.41) is 7.99. The third kappa shape index (κ3) is 4.44. The molecule has 0 spiro atoms. The van der Waals surface area contributed by atoms with Gasteiger partial charge in [-0.3, -0.25) is 4.79 Å². The van der Waals surface area contributed by atoms with Gasteiger partial charge in [0.15, 0.2) is 5.65 Å². The van der Waals surface area contributed by atoms with Crippen molar-refractivity contribution in [1.82, 2.24) is 14.6 Å². The van der Waals surface area contributed by atoms with E-state index in [1.807, 2.05) is 45.0 Å². The average Bonchev–Trinajstić information content (AvgIpc) is 3.14. The van der Waals surface area contributed by atoms with Gasteiger partial charge in [-0.2, -0.15) is 5.10 Å². The molecule has 2 heterocycles. The molecule has 0 unspecified atom stereocenters. The number of anilines is 1. The van der Waals surface area contributed by atoms with Gasteiger partial charge in [0.25, 0.3) is 0 Å². The average molecular weight is 437 g/mol. The van der Waals surface area contributed by atoms with E-state index >= 15 is 0 Å². The van der Waals surface area contributed by atoms with E-state index in [0.717, 1.165) is 22.5 Å². The molecule has 0 aliphatic heterocycles. The number of rotatable bonds is 5. The van der Waals surface area contributed by atoms with Gasteiger partial charge in [0.05, 0.1) is 16.4 Å². The molecule has 0 fully saturated rings. The Labute approximate surface area is 184 Å². The van der Waals surface area contributed by atoms with Gasteiger partial charge in [-0.25, -0.2) is 13.9 Å². The Bertz CT molecular complexity index is 1300. The van der Waals surface area contributed by atoms with Crippen LogP contribution in [0.3, 0.4) is 0 Å². The lowest BCUT2D eigenvalue weighted by atomic mass is 10.1. The van der Waals surface area contributed by atoms with Crippen molar-refractivity contribution in [3.8, 4) is 11.3 Å². The molecular weight excluding hydrogens is 415 g/mol. The van der Waals surface area contributed by atoms with Crippen LogP contribution >= 0.6 is 11.6 Å². The zero-order chi connectivity index (χ0) is 22.1. The van der Waals surface area contributed by atoms with E-state index in [1.54, 1.807) is 16.6 Å². The highest BCUT2D eigenvalue weighted by Gasteiger charge is 2.15. The molecule has 1 amide bonds. The molecule has 4 aromatic rings. The van der Waals surface area contributed by atoms with Crippen molar-refractivity contribution in [2.45, 2.75) is 33.6 Å². The fourth-order valence-electron chi connectivity index (χ4n) is 3.65. The van der Waals surface area contributed by atoms with Crippen LogP contribution < -0.4 is 5.32 Å². The minimum atomic E-state index is -0.309. The van der Waals surface area contributed by atoms with Crippen LogP contribution in [0, 0.1) is 26.6 Å². The van der Waals surface area contributed by atoms with Crippen LogP contribution in [-0.4, -0.2) is 20.5 Å². The van der Waals surface area contributed by atoms with Gasteiger partial charge >= 0.3 is 0 Å². The first-order chi connectivity index (χ1) is 14.8. The Morgan fingerprint density at radius 2 is 1.94 bits per heavy atom. The maximum absolute atomic E-state index is 13.6. The molecule has 0 atom stereocenters. The first-order valence-electron chi connectivity index (χ1n) is 9.99. The molecule has 4 rings (SSSR count). The zero-order valence-electron chi connectivity index (χ0n) is 17.5. The van der Waals surface area contributed by atoms with Crippen molar-refractivity contribution >= 4 is 28.8 Å². The second kappa shape index (κ2) is 8.47. The van der Waals surface area contributed by atoms with E-state index in [-0.39, 0.29) is 18.1 Å². The monoisotopic (exact) mass is 436 g/mol. The van der Waals surface area contributed by atoms with Crippen LogP contribution in [0.5, 0.6) is 0 Å². The number of hydrogen-bond donors (Lipinski definition) is 1. The molecule has 2 aromatic carbocycles. The smallest absolute Gasteiger partial charge is 0.224 e. The number of halogens is 2. The third-order valence-electron chi connectivity index (χ3n) is 5.29. The van der Waals surface area contributed by atoms with Crippen molar-refractivity contribution in [3.63, 3.8) is 0 Å². The van der Waals surface area contributed by atoms with Crippen LogP contribution in [0.4, 0.5) is 10.1 Å². The fourth-order valence-corrected chi connectivity index (χ4v) is 3.93. The van der Waals surface area contributed by atoms with Gasteiger partial charge < -0.3 is 5.32 Å². The first-order valence-corrected chi connectivity index (χ1v) is 10.4. The number of aromatic nitrogens is 3. The summed E-state index contributed by atoms with van der Waals surface area (Å²) in [5.41, 5.74) is 6.39. The molecule has 1 N–H and O–H groups in total. The minimum absolute atomic E-state index is 0.120. The van der Waals surface area contributed by atoms with E-state index in [0.29, 0.717) is 34.0 Å². The number of nitrogens with zero attached hydrogens (tertiary/aromatic N) is 3. The van der Waals surface area contributed by atoms with E-state index in [2.05, 4.69) is 15.4 Å². The summed E-state index contributed by atoms with van der Waals surface area (Å²) in [5.74, 6) is -0.429. The molecule has 158 valence electrons. The van der Waals surface area contributed by atoms with Gasteiger partial charge in [-0.05, 0) is 62.6 Å². The summed E-state index contributed by atoms with van der Waals surface area (Å²) in [6, 6.07) is 13.7. The Morgan fingerprint density at radius 3 is 2.68 bits per heavy atom.